The largest absolute Gasteiger partial charge is 0.494 e. The first kappa shape index (κ1) is 14.2. The van der Waals surface area contributed by atoms with Gasteiger partial charge in [-0.2, -0.15) is 0 Å². The van der Waals surface area contributed by atoms with Crippen LogP contribution in [0.5, 0.6) is 5.75 Å². The zero-order chi connectivity index (χ0) is 14.7. The Morgan fingerprint density at radius 2 is 2.00 bits per heavy atom. The van der Waals surface area contributed by atoms with Crippen molar-refractivity contribution in [3.05, 3.63) is 48.7 Å². The predicted octanol–water partition coefficient (Wildman–Crippen LogP) is 0.247. The van der Waals surface area contributed by atoms with Crippen molar-refractivity contribution in [2.75, 3.05) is 19.8 Å². The van der Waals surface area contributed by atoms with Gasteiger partial charge in [-0.15, -0.1) is 0 Å². The van der Waals surface area contributed by atoms with Gasteiger partial charge in [-0.25, -0.2) is 0 Å². The van der Waals surface area contributed by atoms with Gasteiger partial charge in [-0.1, -0.05) is 18.2 Å². The molecule has 2 N–H and O–H groups in total. The molecule has 3 rings (SSSR count). The smallest absolute Gasteiger partial charge is 0.488 e. The predicted molar refractivity (Wildman–Crippen MR) is 80.0 cm³/mol. The first-order chi connectivity index (χ1) is 10.2. The zero-order valence-electron chi connectivity index (χ0n) is 11.7. The van der Waals surface area contributed by atoms with E-state index < -0.39 is 7.12 Å². The minimum Gasteiger partial charge on any atom is -0.494 e. The van der Waals surface area contributed by atoms with Crippen LogP contribution in [0.1, 0.15) is 6.42 Å². The molecule has 1 aromatic carbocycles. The van der Waals surface area contributed by atoms with E-state index in [2.05, 4.69) is 11.0 Å². The van der Waals surface area contributed by atoms with Crippen molar-refractivity contribution in [2.45, 2.75) is 12.1 Å². The van der Waals surface area contributed by atoms with Crippen molar-refractivity contribution >= 4 is 12.6 Å². The summed E-state index contributed by atoms with van der Waals surface area (Å²) in [5.41, 5.74) is 0.258. The Balaban J connectivity index is 1.42. The first-order valence-electron chi connectivity index (χ1n) is 7.05. The number of hydrogen-bond acceptors (Lipinski definition) is 5. The van der Waals surface area contributed by atoms with E-state index in [9.17, 15) is 0 Å². The lowest BCUT2D eigenvalue weighted by molar-refractivity contribution is 0.157. The molecule has 2 aliphatic heterocycles. The maximum Gasteiger partial charge on any atom is 0.488 e. The molecule has 1 saturated heterocycles. The fourth-order valence-electron chi connectivity index (χ4n) is 2.34. The lowest BCUT2D eigenvalue weighted by Crippen LogP contribution is -2.35. The van der Waals surface area contributed by atoms with Crippen LogP contribution in [-0.4, -0.2) is 47.5 Å². The molecule has 2 heterocycles. The molecule has 110 valence electrons. The van der Waals surface area contributed by atoms with Crippen molar-refractivity contribution in [1.82, 2.24) is 4.90 Å². The van der Waals surface area contributed by atoms with Crippen LogP contribution in [0.2, 0.25) is 0 Å². The molecule has 0 bridgehead atoms. The summed E-state index contributed by atoms with van der Waals surface area (Å²) in [6.45, 7) is 2.22. The molecule has 0 aromatic heterocycles. The molecule has 1 atom stereocenters. The van der Waals surface area contributed by atoms with E-state index >= 15 is 0 Å². The van der Waals surface area contributed by atoms with Crippen LogP contribution >= 0.6 is 0 Å². The second-order valence-corrected chi connectivity index (χ2v) is 5.17. The zero-order valence-corrected chi connectivity index (χ0v) is 11.7. The Morgan fingerprint density at radius 3 is 2.67 bits per heavy atom. The van der Waals surface area contributed by atoms with Gasteiger partial charge < -0.3 is 24.4 Å². The van der Waals surface area contributed by atoms with E-state index in [1.54, 1.807) is 24.3 Å². The summed E-state index contributed by atoms with van der Waals surface area (Å²) in [4.78, 5) is 2.18. The van der Waals surface area contributed by atoms with E-state index in [1.807, 2.05) is 18.4 Å². The number of hydrogen-bond donors (Lipinski definition) is 2. The van der Waals surface area contributed by atoms with Crippen molar-refractivity contribution in [1.29, 1.82) is 0 Å². The van der Waals surface area contributed by atoms with Gasteiger partial charge in [0, 0.05) is 12.7 Å². The fourth-order valence-corrected chi connectivity index (χ4v) is 2.34. The van der Waals surface area contributed by atoms with Crippen LogP contribution in [0.15, 0.2) is 48.7 Å². The minimum atomic E-state index is -1.44. The van der Waals surface area contributed by atoms with E-state index in [0.29, 0.717) is 12.1 Å². The van der Waals surface area contributed by atoms with Crippen molar-refractivity contribution in [3.8, 4) is 5.75 Å². The number of allylic oxidation sites excluding steroid dienone is 2. The highest BCUT2D eigenvalue weighted by Crippen LogP contribution is 2.35. The molecule has 0 radical (unpaired) electrons. The molecule has 1 spiro atoms. The number of rotatable bonds is 6. The van der Waals surface area contributed by atoms with Crippen molar-refractivity contribution in [3.63, 3.8) is 0 Å². The second-order valence-electron chi connectivity index (χ2n) is 5.17. The van der Waals surface area contributed by atoms with Gasteiger partial charge in [0.1, 0.15) is 12.4 Å². The van der Waals surface area contributed by atoms with Gasteiger partial charge in [0.05, 0.1) is 6.61 Å². The summed E-state index contributed by atoms with van der Waals surface area (Å²) < 4.78 is 11.1. The average molecular weight is 287 g/mol. The summed E-state index contributed by atoms with van der Waals surface area (Å²) in [6.07, 6.45) is 9.02. The standard InChI is InChI=1S/C15H18BNO4/c18-16(19)13-4-6-14(7-5-13)20-11-3-10-17-9-2-1-8-15(17)12-21-15/h1-2,4-9,18-19H,3,10-12H2. The molecule has 0 aliphatic carbocycles. The van der Waals surface area contributed by atoms with Gasteiger partial charge in [-0.3, -0.25) is 0 Å². The summed E-state index contributed by atoms with van der Waals surface area (Å²) in [5, 5.41) is 18.0. The van der Waals surface area contributed by atoms with Crippen molar-refractivity contribution in [2.24, 2.45) is 0 Å². The molecule has 6 heteroatoms. The highest BCUT2D eigenvalue weighted by molar-refractivity contribution is 6.58. The maximum atomic E-state index is 9.01. The molecule has 0 amide bonds. The number of epoxide rings is 1. The van der Waals surface area contributed by atoms with Crippen LogP contribution in [0.25, 0.3) is 0 Å². The molecule has 0 saturated carbocycles. The van der Waals surface area contributed by atoms with Gasteiger partial charge >= 0.3 is 7.12 Å². The fraction of sp³-hybridized carbons (Fsp3) is 0.333. The molecule has 1 unspecified atom stereocenters. The lowest BCUT2D eigenvalue weighted by Gasteiger charge is -2.27. The summed E-state index contributed by atoms with van der Waals surface area (Å²) in [6, 6.07) is 6.77. The van der Waals surface area contributed by atoms with Gasteiger partial charge in [0.2, 0.25) is 0 Å². The Bertz CT molecular complexity index is 537. The number of ether oxygens (including phenoxy) is 2. The third-order valence-corrected chi connectivity index (χ3v) is 3.65. The Kier molecular flexibility index (Phi) is 4.01. The molecule has 1 aromatic rings. The van der Waals surface area contributed by atoms with E-state index in [0.717, 1.165) is 25.3 Å². The van der Waals surface area contributed by atoms with Crippen LogP contribution in [0.4, 0.5) is 0 Å². The Morgan fingerprint density at radius 1 is 1.24 bits per heavy atom. The molecule has 2 aliphatic rings. The van der Waals surface area contributed by atoms with Crippen LogP contribution in [0, 0.1) is 0 Å². The summed E-state index contributed by atoms with van der Waals surface area (Å²) in [7, 11) is -1.44. The minimum absolute atomic E-state index is 0.201. The SMILES string of the molecule is OB(O)c1ccc(OCCCN2C=CC=CC23CO3)cc1. The van der Waals surface area contributed by atoms with E-state index in [4.69, 9.17) is 19.5 Å². The Labute approximate surface area is 124 Å². The summed E-state index contributed by atoms with van der Waals surface area (Å²) in [5.74, 6) is 0.728. The third kappa shape index (κ3) is 3.29. The molecule has 1 fully saturated rings. The van der Waals surface area contributed by atoms with Gasteiger partial charge in [0.15, 0.2) is 5.72 Å². The normalized spacial score (nSPS) is 22.7. The highest BCUT2D eigenvalue weighted by atomic mass is 16.6. The van der Waals surface area contributed by atoms with Gasteiger partial charge in [-0.05, 0) is 36.2 Å². The average Bonchev–Trinajstić information content (AvgIpc) is 3.26. The van der Waals surface area contributed by atoms with Crippen LogP contribution < -0.4 is 10.2 Å². The third-order valence-electron chi connectivity index (χ3n) is 3.65. The molecule has 5 nitrogen and oxygen atoms in total. The maximum absolute atomic E-state index is 9.01. The topological polar surface area (TPSA) is 65.5 Å². The quantitative estimate of drug-likeness (QED) is 0.446. The Hall–Kier alpha value is -1.76. The molecular formula is C15H18BNO4. The first-order valence-corrected chi connectivity index (χ1v) is 7.05. The van der Waals surface area contributed by atoms with Crippen molar-refractivity contribution < 1.29 is 19.5 Å². The lowest BCUT2D eigenvalue weighted by atomic mass is 9.80. The van der Waals surface area contributed by atoms with E-state index in [-0.39, 0.29) is 5.72 Å². The molecular weight excluding hydrogens is 269 g/mol. The number of benzene rings is 1. The monoisotopic (exact) mass is 287 g/mol. The molecule has 21 heavy (non-hydrogen) atoms. The van der Waals surface area contributed by atoms with E-state index in [1.165, 1.54) is 0 Å². The van der Waals surface area contributed by atoms with Crippen LogP contribution in [-0.2, 0) is 4.74 Å². The van der Waals surface area contributed by atoms with Crippen LogP contribution in [0.3, 0.4) is 0 Å². The van der Waals surface area contributed by atoms with Gasteiger partial charge in [0.25, 0.3) is 0 Å². The summed E-state index contributed by atoms with van der Waals surface area (Å²) >= 11 is 0. The highest BCUT2D eigenvalue weighted by Gasteiger charge is 2.47. The number of nitrogens with zero attached hydrogens (tertiary/aromatic N) is 1. The second kappa shape index (κ2) is 5.93.